The molecule has 76 valence electrons. The van der Waals surface area contributed by atoms with Crippen LogP contribution in [-0.4, -0.2) is 0 Å². The summed E-state index contributed by atoms with van der Waals surface area (Å²) in [6.07, 6.45) is 0. The minimum absolute atomic E-state index is 0.181. The second kappa shape index (κ2) is 4.69. The Hall–Kier alpha value is -0.980. The van der Waals surface area contributed by atoms with Crippen molar-refractivity contribution in [3.8, 4) is 0 Å². The van der Waals surface area contributed by atoms with Crippen molar-refractivity contribution in [1.82, 2.24) is 0 Å². The first-order valence-electron chi connectivity index (χ1n) is 4.72. The summed E-state index contributed by atoms with van der Waals surface area (Å²) in [7, 11) is 0. The van der Waals surface area contributed by atoms with Crippen LogP contribution < -0.4 is 0 Å². The summed E-state index contributed by atoms with van der Waals surface area (Å²) < 4.78 is 0. The third-order valence-corrected chi connectivity index (χ3v) is 3.10. The molecule has 0 saturated heterocycles. The summed E-state index contributed by atoms with van der Waals surface area (Å²) in [6, 6.07) is 17.6. The predicted octanol–water partition coefficient (Wildman–Crippen LogP) is 4.67. The molecule has 1 unspecified atom stereocenters. The van der Waals surface area contributed by atoms with Crippen molar-refractivity contribution in [1.29, 1.82) is 0 Å². The van der Waals surface area contributed by atoms with Gasteiger partial charge < -0.3 is 0 Å². The molecule has 15 heavy (non-hydrogen) atoms. The molecule has 0 aliphatic rings. The molecular weight excluding hydrogens is 227 g/mol. The van der Waals surface area contributed by atoms with Crippen molar-refractivity contribution in [3.63, 3.8) is 0 Å². The molecule has 0 N–H and O–H groups in total. The molecule has 2 aromatic carbocycles. The van der Waals surface area contributed by atoms with E-state index in [1.54, 1.807) is 0 Å². The first-order chi connectivity index (χ1) is 7.29. The van der Waals surface area contributed by atoms with Crippen LogP contribution in [0.15, 0.2) is 54.6 Å². The lowest BCUT2D eigenvalue weighted by Gasteiger charge is -2.11. The van der Waals surface area contributed by atoms with E-state index in [1.807, 2.05) is 54.6 Å². The SMILES string of the molecule is Clc1ccccc1C(Cl)c1ccccc1. The molecule has 2 rings (SSSR count). The maximum Gasteiger partial charge on any atom is 0.0849 e. The molecule has 0 spiro atoms. The summed E-state index contributed by atoms with van der Waals surface area (Å²) in [5.74, 6) is 0. The van der Waals surface area contributed by atoms with Crippen molar-refractivity contribution >= 4 is 23.2 Å². The molecule has 0 radical (unpaired) electrons. The van der Waals surface area contributed by atoms with Crippen LogP contribution in [0.25, 0.3) is 0 Å². The van der Waals surface area contributed by atoms with E-state index in [-0.39, 0.29) is 5.38 Å². The van der Waals surface area contributed by atoms with Crippen LogP contribution in [0.1, 0.15) is 16.5 Å². The topological polar surface area (TPSA) is 0 Å². The lowest BCUT2D eigenvalue weighted by atomic mass is 10.0. The van der Waals surface area contributed by atoms with E-state index in [4.69, 9.17) is 23.2 Å². The molecule has 0 fully saturated rings. The van der Waals surface area contributed by atoms with Gasteiger partial charge in [-0.1, -0.05) is 60.1 Å². The molecule has 0 aliphatic heterocycles. The zero-order chi connectivity index (χ0) is 10.7. The van der Waals surface area contributed by atoms with Gasteiger partial charge in [0.25, 0.3) is 0 Å². The van der Waals surface area contributed by atoms with Crippen molar-refractivity contribution in [3.05, 3.63) is 70.7 Å². The average Bonchev–Trinajstić information content (AvgIpc) is 2.30. The van der Waals surface area contributed by atoms with Crippen molar-refractivity contribution in [2.45, 2.75) is 5.38 Å². The van der Waals surface area contributed by atoms with E-state index in [9.17, 15) is 0 Å². The smallest absolute Gasteiger partial charge is 0.0849 e. The van der Waals surface area contributed by atoms with Crippen molar-refractivity contribution in [2.75, 3.05) is 0 Å². The fourth-order valence-corrected chi connectivity index (χ4v) is 2.12. The van der Waals surface area contributed by atoms with Gasteiger partial charge in [0, 0.05) is 5.02 Å². The Morgan fingerprint density at radius 3 is 2.07 bits per heavy atom. The van der Waals surface area contributed by atoms with E-state index in [1.165, 1.54) is 0 Å². The van der Waals surface area contributed by atoms with E-state index in [2.05, 4.69) is 0 Å². The Balaban J connectivity index is 2.37. The highest BCUT2D eigenvalue weighted by Gasteiger charge is 2.12. The third kappa shape index (κ3) is 2.34. The Bertz CT molecular complexity index is 437. The lowest BCUT2D eigenvalue weighted by Crippen LogP contribution is -1.93. The van der Waals surface area contributed by atoms with Crippen LogP contribution in [-0.2, 0) is 0 Å². The molecule has 0 amide bonds. The second-order valence-corrected chi connectivity index (χ2v) is 4.14. The highest BCUT2D eigenvalue weighted by atomic mass is 35.5. The third-order valence-electron chi connectivity index (χ3n) is 2.27. The first-order valence-corrected chi connectivity index (χ1v) is 5.54. The molecular formula is C13H10Cl2. The number of benzene rings is 2. The van der Waals surface area contributed by atoms with Crippen LogP contribution in [0, 0.1) is 0 Å². The Kier molecular flexibility index (Phi) is 3.30. The number of alkyl halides is 1. The first kappa shape index (κ1) is 10.5. The summed E-state index contributed by atoms with van der Waals surface area (Å²) in [5, 5.41) is 0.529. The standard InChI is InChI=1S/C13H10Cl2/c14-12-9-5-4-8-11(12)13(15)10-6-2-1-3-7-10/h1-9,13H. The molecule has 0 bridgehead atoms. The van der Waals surface area contributed by atoms with Gasteiger partial charge in [-0.15, -0.1) is 11.6 Å². The van der Waals surface area contributed by atoms with E-state index in [0.29, 0.717) is 5.02 Å². The van der Waals surface area contributed by atoms with Gasteiger partial charge in [-0.05, 0) is 17.2 Å². The van der Waals surface area contributed by atoms with Gasteiger partial charge in [0.2, 0.25) is 0 Å². The summed E-state index contributed by atoms with van der Waals surface area (Å²) >= 11 is 12.4. The largest absolute Gasteiger partial charge is 0.113 e. The molecule has 0 aromatic heterocycles. The maximum absolute atomic E-state index is 6.35. The molecule has 0 aliphatic carbocycles. The van der Waals surface area contributed by atoms with E-state index in [0.717, 1.165) is 11.1 Å². The number of hydrogen-bond donors (Lipinski definition) is 0. The van der Waals surface area contributed by atoms with Crippen molar-refractivity contribution < 1.29 is 0 Å². The van der Waals surface area contributed by atoms with Crippen molar-refractivity contribution in [2.24, 2.45) is 0 Å². The summed E-state index contributed by atoms with van der Waals surface area (Å²) in [4.78, 5) is 0. The minimum Gasteiger partial charge on any atom is -0.113 e. The fourth-order valence-electron chi connectivity index (χ4n) is 1.48. The molecule has 0 saturated carbocycles. The number of rotatable bonds is 2. The quantitative estimate of drug-likeness (QED) is 0.666. The van der Waals surface area contributed by atoms with Gasteiger partial charge in [0.1, 0.15) is 0 Å². The van der Waals surface area contributed by atoms with Gasteiger partial charge in [-0.25, -0.2) is 0 Å². The fraction of sp³-hybridized carbons (Fsp3) is 0.0769. The molecule has 2 heteroatoms. The Morgan fingerprint density at radius 1 is 0.800 bits per heavy atom. The van der Waals surface area contributed by atoms with Crippen LogP contribution in [0.3, 0.4) is 0 Å². The number of halogens is 2. The van der Waals surface area contributed by atoms with Gasteiger partial charge in [0.05, 0.1) is 5.38 Å². The van der Waals surface area contributed by atoms with E-state index >= 15 is 0 Å². The monoisotopic (exact) mass is 236 g/mol. The summed E-state index contributed by atoms with van der Waals surface area (Å²) in [5.41, 5.74) is 2.01. The lowest BCUT2D eigenvalue weighted by molar-refractivity contribution is 1.14. The molecule has 0 nitrogen and oxygen atoms in total. The zero-order valence-electron chi connectivity index (χ0n) is 8.03. The molecule has 1 atom stereocenters. The van der Waals surface area contributed by atoms with Crippen LogP contribution in [0.4, 0.5) is 0 Å². The van der Waals surface area contributed by atoms with Gasteiger partial charge in [-0.3, -0.25) is 0 Å². The van der Waals surface area contributed by atoms with Gasteiger partial charge in [-0.2, -0.15) is 0 Å². The van der Waals surface area contributed by atoms with Crippen LogP contribution in [0.5, 0.6) is 0 Å². The minimum atomic E-state index is -0.181. The predicted molar refractivity (Wildman–Crippen MR) is 65.6 cm³/mol. The number of hydrogen-bond acceptors (Lipinski definition) is 0. The zero-order valence-corrected chi connectivity index (χ0v) is 9.54. The highest BCUT2D eigenvalue weighted by Crippen LogP contribution is 2.32. The Morgan fingerprint density at radius 2 is 1.40 bits per heavy atom. The molecule has 2 aromatic rings. The Labute approximate surface area is 99.5 Å². The van der Waals surface area contributed by atoms with Crippen LogP contribution >= 0.6 is 23.2 Å². The van der Waals surface area contributed by atoms with Gasteiger partial charge >= 0.3 is 0 Å². The van der Waals surface area contributed by atoms with E-state index < -0.39 is 0 Å². The molecule has 0 heterocycles. The second-order valence-electron chi connectivity index (χ2n) is 3.29. The van der Waals surface area contributed by atoms with Crippen LogP contribution in [0.2, 0.25) is 5.02 Å². The normalized spacial score (nSPS) is 12.4. The highest BCUT2D eigenvalue weighted by molar-refractivity contribution is 6.33. The average molecular weight is 237 g/mol. The maximum atomic E-state index is 6.35. The van der Waals surface area contributed by atoms with Gasteiger partial charge in [0.15, 0.2) is 0 Å². The summed E-state index contributed by atoms with van der Waals surface area (Å²) in [6.45, 7) is 0.